The maximum Gasteiger partial charge on any atom is 0.247 e. The number of carbonyl (C=O) groups is 4. The van der Waals surface area contributed by atoms with Crippen LogP contribution in [0, 0.1) is 0 Å². The maximum absolute atomic E-state index is 13.0. The van der Waals surface area contributed by atoms with Crippen molar-refractivity contribution in [2.24, 2.45) is 0 Å². The summed E-state index contributed by atoms with van der Waals surface area (Å²) in [4.78, 5) is 55.1. The van der Waals surface area contributed by atoms with Crippen LogP contribution in [0.25, 0.3) is 12.2 Å². The summed E-state index contributed by atoms with van der Waals surface area (Å²) < 4.78 is 0. The van der Waals surface area contributed by atoms with Gasteiger partial charge in [-0.05, 0) is 72.5 Å². The average molecular weight is 585 g/mol. The van der Waals surface area contributed by atoms with E-state index in [9.17, 15) is 19.2 Å². The molecule has 4 amide bonds. The van der Waals surface area contributed by atoms with Crippen LogP contribution < -0.4 is 10.6 Å². The van der Waals surface area contributed by atoms with Crippen molar-refractivity contribution in [1.82, 2.24) is 9.80 Å². The lowest BCUT2D eigenvalue weighted by Gasteiger charge is -2.24. The Morgan fingerprint density at radius 1 is 0.762 bits per heavy atom. The monoisotopic (exact) mass is 584 g/mol. The molecule has 9 heteroatoms. The van der Waals surface area contributed by atoms with E-state index in [2.05, 4.69) is 10.6 Å². The van der Waals surface area contributed by atoms with Crippen molar-refractivity contribution in [1.29, 1.82) is 0 Å². The molecule has 0 spiro atoms. The number of benzene rings is 2. The summed E-state index contributed by atoms with van der Waals surface area (Å²) in [6, 6.07) is 18.2. The number of rotatable bonds is 9. The number of anilines is 2. The average Bonchev–Trinajstić information content (AvgIpc) is 3.79. The Labute approximate surface area is 250 Å². The van der Waals surface area contributed by atoms with E-state index in [-0.39, 0.29) is 23.6 Å². The van der Waals surface area contributed by atoms with Crippen LogP contribution in [0.5, 0.6) is 0 Å². The molecule has 2 aliphatic rings. The number of likely N-dealkylation sites (tertiary alicyclic amines) is 2. The fraction of sp³-hybridized carbons (Fsp3) is 0.333. The summed E-state index contributed by atoms with van der Waals surface area (Å²) in [7, 11) is 0. The first-order valence-corrected chi connectivity index (χ1v) is 15.4. The zero-order valence-corrected chi connectivity index (χ0v) is 24.6. The van der Waals surface area contributed by atoms with Crippen molar-refractivity contribution in [3.63, 3.8) is 0 Å². The molecule has 0 aliphatic carbocycles. The predicted molar refractivity (Wildman–Crippen MR) is 167 cm³/mol. The van der Waals surface area contributed by atoms with Gasteiger partial charge in [0.05, 0.1) is 6.42 Å². The molecule has 0 bridgehead atoms. The first kappa shape index (κ1) is 29.3. The van der Waals surface area contributed by atoms with Gasteiger partial charge in [0.15, 0.2) is 0 Å². The Balaban J connectivity index is 1.12. The first-order valence-electron chi connectivity index (χ1n) is 14.5. The molecule has 8 nitrogen and oxygen atoms in total. The van der Waals surface area contributed by atoms with Gasteiger partial charge in [-0.25, -0.2) is 0 Å². The molecule has 2 aromatic carbocycles. The molecular weight excluding hydrogens is 548 g/mol. The Morgan fingerprint density at radius 3 is 1.71 bits per heavy atom. The van der Waals surface area contributed by atoms with Gasteiger partial charge in [0.1, 0.15) is 12.1 Å². The highest BCUT2D eigenvalue weighted by Gasteiger charge is 2.34. The molecule has 3 aromatic rings. The minimum Gasteiger partial charge on any atom is -0.331 e. The van der Waals surface area contributed by atoms with Gasteiger partial charge in [0.25, 0.3) is 0 Å². The molecule has 5 rings (SSSR count). The van der Waals surface area contributed by atoms with Crippen LogP contribution in [0.1, 0.15) is 55.0 Å². The lowest BCUT2D eigenvalue weighted by molar-refractivity contribution is -0.136. The normalized spacial score (nSPS) is 18.4. The van der Waals surface area contributed by atoms with Crippen LogP contribution in [0.4, 0.5) is 11.4 Å². The molecule has 42 heavy (non-hydrogen) atoms. The number of carbonyl (C=O) groups excluding carboxylic acids is 4. The van der Waals surface area contributed by atoms with Gasteiger partial charge in [-0.3, -0.25) is 19.2 Å². The van der Waals surface area contributed by atoms with Crippen LogP contribution >= 0.6 is 11.3 Å². The third kappa shape index (κ3) is 7.15. The number of nitrogens with zero attached hydrogens (tertiary/aromatic N) is 2. The molecule has 0 radical (unpaired) electrons. The highest BCUT2D eigenvalue weighted by molar-refractivity contribution is 7.10. The quantitative estimate of drug-likeness (QED) is 0.328. The molecule has 2 saturated heterocycles. The van der Waals surface area contributed by atoms with E-state index in [0.29, 0.717) is 50.1 Å². The molecule has 0 unspecified atom stereocenters. The van der Waals surface area contributed by atoms with Gasteiger partial charge in [0.2, 0.25) is 23.6 Å². The topological polar surface area (TPSA) is 98.8 Å². The van der Waals surface area contributed by atoms with E-state index in [0.717, 1.165) is 28.8 Å². The maximum atomic E-state index is 13.0. The lowest BCUT2D eigenvalue weighted by Crippen LogP contribution is -2.43. The lowest BCUT2D eigenvalue weighted by atomic mass is 10.1. The molecule has 0 saturated carbocycles. The number of amides is 4. The Morgan fingerprint density at radius 2 is 1.26 bits per heavy atom. The minimum atomic E-state index is -0.444. The summed E-state index contributed by atoms with van der Waals surface area (Å²) in [6.45, 7) is 3.06. The zero-order chi connectivity index (χ0) is 29.5. The molecule has 3 heterocycles. The molecule has 1 aromatic heterocycles. The smallest absolute Gasteiger partial charge is 0.247 e. The highest BCUT2D eigenvalue weighted by Crippen LogP contribution is 2.23. The van der Waals surface area contributed by atoms with Crippen molar-refractivity contribution in [2.45, 2.75) is 57.5 Å². The van der Waals surface area contributed by atoms with E-state index in [1.165, 1.54) is 0 Å². The van der Waals surface area contributed by atoms with E-state index in [4.69, 9.17) is 0 Å². The molecule has 2 N–H and O–H groups in total. The second-order valence-corrected chi connectivity index (χ2v) is 11.7. The number of hydrogen-bond acceptors (Lipinski definition) is 5. The van der Waals surface area contributed by atoms with Crippen LogP contribution in [0.3, 0.4) is 0 Å². The summed E-state index contributed by atoms with van der Waals surface area (Å²) in [5, 5.41) is 7.87. The molecule has 218 valence electrons. The number of hydrogen-bond donors (Lipinski definition) is 2. The van der Waals surface area contributed by atoms with E-state index < -0.39 is 12.1 Å². The fourth-order valence-electron chi connectivity index (χ4n) is 5.54. The van der Waals surface area contributed by atoms with Crippen molar-refractivity contribution >= 4 is 58.5 Å². The summed E-state index contributed by atoms with van der Waals surface area (Å²) in [6.07, 6.45) is 7.72. The minimum absolute atomic E-state index is 0.00470. The van der Waals surface area contributed by atoms with E-state index >= 15 is 0 Å². The Bertz CT molecular complexity index is 1430. The molecule has 2 atom stereocenters. The summed E-state index contributed by atoms with van der Waals surface area (Å²) in [5.74, 6) is -0.286. The van der Waals surface area contributed by atoms with Crippen LogP contribution in [-0.4, -0.2) is 58.6 Å². The van der Waals surface area contributed by atoms with Gasteiger partial charge >= 0.3 is 0 Å². The van der Waals surface area contributed by atoms with Crippen molar-refractivity contribution in [3.8, 4) is 0 Å². The molecule has 2 fully saturated rings. The fourth-order valence-corrected chi connectivity index (χ4v) is 6.24. The highest BCUT2D eigenvalue weighted by atomic mass is 32.1. The molecule has 2 aliphatic heterocycles. The van der Waals surface area contributed by atoms with Crippen molar-refractivity contribution in [3.05, 3.63) is 82.0 Å². The molecular formula is C33H36N4O4S. The van der Waals surface area contributed by atoms with Gasteiger partial charge in [-0.15, -0.1) is 11.3 Å². The third-order valence-corrected chi connectivity index (χ3v) is 8.66. The number of thiophene rings is 1. The summed E-state index contributed by atoms with van der Waals surface area (Å²) in [5.41, 5.74) is 3.34. The van der Waals surface area contributed by atoms with E-state index in [1.807, 2.05) is 85.1 Å². The van der Waals surface area contributed by atoms with Crippen LogP contribution in [-0.2, 0) is 25.6 Å². The zero-order valence-electron chi connectivity index (χ0n) is 23.8. The third-order valence-electron chi connectivity index (χ3n) is 7.78. The summed E-state index contributed by atoms with van der Waals surface area (Å²) >= 11 is 1.55. The standard InChI is InChI=1S/C33H36N4O4S/c1-2-30(38)36-19-3-7-28(36)32(40)34-25-15-11-23(12-16-25)9-10-24-13-17-26(18-14-24)35-33(41)29-8-4-20-37(29)31(39)22-27-6-5-21-42-27/h5-6,9-18,21,28-29H,2-4,7-8,19-20,22H2,1H3,(H,34,40)(H,35,41)/b10-9+/t28-,29-/m0/s1. The Kier molecular flexibility index (Phi) is 9.48. The van der Waals surface area contributed by atoms with Gasteiger partial charge in [0, 0.05) is 35.8 Å². The number of nitrogens with one attached hydrogen (secondary N) is 2. The van der Waals surface area contributed by atoms with Gasteiger partial charge in [-0.1, -0.05) is 49.4 Å². The van der Waals surface area contributed by atoms with Crippen LogP contribution in [0.15, 0.2) is 66.0 Å². The second kappa shape index (κ2) is 13.6. The van der Waals surface area contributed by atoms with Gasteiger partial charge in [-0.2, -0.15) is 0 Å². The predicted octanol–water partition coefficient (Wildman–Crippen LogP) is 5.43. The van der Waals surface area contributed by atoms with Crippen molar-refractivity contribution < 1.29 is 19.2 Å². The van der Waals surface area contributed by atoms with E-state index in [1.54, 1.807) is 21.1 Å². The van der Waals surface area contributed by atoms with Crippen LogP contribution in [0.2, 0.25) is 0 Å². The second-order valence-electron chi connectivity index (χ2n) is 10.7. The van der Waals surface area contributed by atoms with Gasteiger partial charge < -0.3 is 20.4 Å². The first-order chi connectivity index (χ1) is 20.4. The SMILES string of the molecule is CCC(=O)N1CCC[C@H]1C(=O)Nc1ccc(/C=C/c2ccc(NC(=O)[C@@H]3CCCN3C(=O)Cc3cccs3)cc2)cc1. The largest absolute Gasteiger partial charge is 0.331 e. The Hall–Kier alpha value is -4.24. The van der Waals surface area contributed by atoms with Crippen molar-refractivity contribution in [2.75, 3.05) is 23.7 Å².